The van der Waals surface area contributed by atoms with Crippen molar-refractivity contribution in [3.63, 3.8) is 0 Å². The van der Waals surface area contributed by atoms with Gasteiger partial charge in [-0.3, -0.25) is 0 Å². The number of ether oxygens (including phenoxy) is 2. The van der Waals surface area contributed by atoms with Gasteiger partial charge >= 0.3 is 6.09 Å². The minimum atomic E-state index is -0.475. The molecule has 1 aliphatic heterocycles. The number of carbonyl (C=O) groups is 1. The Bertz CT molecular complexity index is 913. The summed E-state index contributed by atoms with van der Waals surface area (Å²) in [6, 6.07) is 8.23. The lowest BCUT2D eigenvalue weighted by Crippen LogP contribution is -2.43. The molecule has 2 aromatic rings. The average molecular weight is 460 g/mol. The van der Waals surface area contributed by atoms with Gasteiger partial charge < -0.3 is 24.6 Å². The Morgan fingerprint density at radius 2 is 1.97 bits per heavy atom. The summed E-state index contributed by atoms with van der Waals surface area (Å²) in [6.45, 7) is 8.69. The van der Waals surface area contributed by atoms with Gasteiger partial charge in [0.1, 0.15) is 30.2 Å². The van der Waals surface area contributed by atoms with Crippen molar-refractivity contribution in [2.24, 2.45) is 5.92 Å². The fourth-order valence-electron chi connectivity index (χ4n) is 3.66. The van der Waals surface area contributed by atoms with Crippen LogP contribution in [0.5, 0.6) is 5.75 Å². The van der Waals surface area contributed by atoms with Crippen LogP contribution >= 0.6 is 0 Å². The van der Waals surface area contributed by atoms with Crippen LogP contribution in [0.2, 0.25) is 0 Å². The Hall–Kier alpha value is -3.10. The number of likely N-dealkylation sites (tertiary alicyclic amines) is 1. The number of benzene rings is 1. The van der Waals surface area contributed by atoms with E-state index in [9.17, 15) is 9.18 Å². The van der Waals surface area contributed by atoms with Gasteiger partial charge in [-0.15, -0.1) is 0 Å². The van der Waals surface area contributed by atoms with Crippen LogP contribution in [0.3, 0.4) is 0 Å². The van der Waals surface area contributed by atoms with Gasteiger partial charge in [-0.05, 0) is 51.7 Å². The SMILES string of the molecule is CN(CC1CCN(C(=O)OC(C)(C)C)CC1)c1cc(NCCOc2ccccc2F)ncn1. The summed E-state index contributed by atoms with van der Waals surface area (Å²) in [5, 5.41) is 3.19. The maximum absolute atomic E-state index is 13.6. The summed E-state index contributed by atoms with van der Waals surface area (Å²) >= 11 is 0. The molecule has 9 heteroatoms. The zero-order valence-electron chi connectivity index (χ0n) is 19.9. The van der Waals surface area contributed by atoms with E-state index in [0.29, 0.717) is 38.0 Å². The third-order valence-electron chi connectivity index (χ3n) is 5.34. The van der Waals surface area contributed by atoms with Crippen molar-refractivity contribution in [3.8, 4) is 5.75 Å². The Kier molecular flexibility index (Phi) is 8.30. The molecule has 0 unspecified atom stereocenters. The summed E-state index contributed by atoms with van der Waals surface area (Å²) in [5.74, 6) is 1.83. The number of piperidine rings is 1. The van der Waals surface area contributed by atoms with Crippen molar-refractivity contribution >= 4 is 17.7 Å². The molecule has 0 aliphatic carbocycles. The molecule has 0 spiro atoms. The van der Waals surface area contributed by atoms with Gasteiger partial charge in [0.05, 0.1) is 6.54 Å². The molecule has 33 heavy (non-hydrogen) atoms. The molecule has 2 heterocycles. The smallest absolute Gasteiger partial charge is 0.410 e. The quantitative estimate of drug-likeness (QED) is 0.593. The molecule has 0 atom stereocenters. The molecule has 1 amide bonds. The van der Waals surface area contributed by atoms with E-state index in [1.54, 1.807) is 23.1 Å². The number of halogens is 1. The lowest BCUT2D eigenvalue weighted by atomic mass is 9.96. The summed E-state index contributed by atoms with van der Waals surface area (Å²) in [5.41, 5.74) is -0.475. The number of nitrogens with zero attached hydrogens (tertiary/aromatic N) is 4. The first kappa shape index (κ1) is 24.5. The van der Waals surface area contributed by atoms with E-state index in [-0.39, 0.29) is 17.7 Å². The van der Waals surface area contributed by atoms with Crippen LogP contribution in [-0.2, 0) is 4.74 Å². The first-order valence-electron chi connectivity index (χ1n) is 11.3. The van der Waals surface area contributed by atoms with Crippen molar-refractivity contribution in [2.45, 2.75) is 39.2 Å². The number of carbonyl (C=O) groups excluding carboxylic acids is 1. The second-order valence-corrected chi connectivity index (χ2v) is 9.26. The Labute approximate surface area is 195 Å². The molecular formula is C24H34FN5O3. The monoisotopic (exact) mass is 459 g/mol. The number of nitrogens with one attached hydrogen (secondary N) is 1. The van der Waals surface area contributed by atoms with E-state index in [1.807, 2.05) is 33.9 Å². The Morgan fingerprint density at radius 1 is 1.24 bits per heavy atom. The molecule has 1 N–H and O–H groups in total. The normalized spacial score (nSPS) is 14.6. The summed E-state index contributed by atoms with van der Waals surface area (Å²) in [4.78, 5) is 24.8. The highest BCUT2D eigenvalue weighted by Gasteiger charge is 2.27. The van der Waals surface area contributed by atoms with Crippen molar-refractivity contribution in [1.29, 1.82) is 0 Å². The number of rotatable bonds is 8. The summed E-state index contributed by atoms with van der Waals surface area (Å²) < 4.78 is 24.5. The van der Waals surface area contributed by atoms with Crippen LogP contribution in [0.15, 0.2) is 36.7 Å². The van der Waals surface area contributed by atoms with Gasteiger partial charge in [-0.25, -0.2) is 19.2 Å². The minimum absolute atomic E-state index is 0.236. The van der Waals surface area contributed by atoms with Crippen LogP contribution in [0.25, 0.3) is 0 Å². The number of amides is 1. The van der Waals surface area contributed by atoms with Gasteiger partial charge in [-0.1, -0.05) is 12.1 Å². The molecule has 3 rings (SSSR count). The van der Waals surface area contributed by atoms with E-state index in [0.717, 1.165) is 25.2 Å². The van der Waals surface area contributed by atoms with Crippen LogP contribution in [-0.4, -0.2) is 66.4 Å². The average Bonchev–Trinajstić information content (AvgIpc) is 2.77. The minimum Gasteiger partial charge on any atom is -0.489 e. The van der Waals surface area contributed by atoms with Crippen molar-refractivity contribution in [1.82, 2.24) is 14.9 Å². The summed E-state index contributed by atoms with van der Waals surface area (Å²) in [7, 11) is 2.01. The van der Waals surface area contributed by atoms with E-state index in [1.165, 1.54) is 12.4 Å². The predicted octanol–water partition coefficient (Wildman–Crippen LogP) is 4.19. The van der Waals surface area contributed by atoms with Crippen LogP contribution in [0, 0.1) is 11.7 Å². The molecule has 8 nitrogen and oxygen atoms in total. The molecule has 1 aliphatic rings. The molecule has 1 fully saturated rings. The van der Waals surface area contributed by atoms with Crippen LogP contribution in [0.1, 0.15) is 33.6 Å². The third-order valence-corrected chi connectivity index (χ3v) is 5.34. The highest BCUT2D eigenvalue weighted by molar-refractivity contribution is 5.68. The van der Waals surface area contributed by atoms with Crippen molar-refractivity contribution in [3.05, 3.63) is 42.5 Å². The maximum atomic E-state index is 13.6. The second kappa shape index (κ2) is 11.2. The first-order valence-corrected chi connectivity index (χ1v) is 11.3. The van der Waals surface area contributed by atoms with Gasteiger partial charge in [0.15, 0.2) is 11.6 Å². The topological polar surface area (TPSA) is 79.8 Å². The van der Waals surface area contributed by atoms with Gasteiger partial charge in [-0.2, -0.15) is 0 Å². The lowest BCUT2D eigenvalue weighted by molar-refractivity contribution is 0.0186. The summed E-state index contributed by atoms with van der Waals surface area (Å²) in [6.07, 6.45) is 3.14. The van der Waals surface area contributed by atoms with Crippen molar-refractivity contribution < 1.29 is 18.7 Å². The largest absolute Gasteiger partial charge is 0.489 e. The highest BCUT2D eigenvalue weighted by Crippen LogP contribution is 2.22. The molecule has 1 aromatic carbocycles. The third kappa shape index (κ3) is 7.76. The van der Waals surface area contributed by atoms with E-state index in [4.69, 9.17) is 9.47 Å². The predicted molar refractivity (Wildman–Crippen MR) is 126 cm³/mol. The number of aromatic nitrogens is 2. The Balaban J connectivity index is 1.42. The maximum Gasteiger partial charge on any atom is 0.410 e. The zero-order valence-corrected chi connectivity index (χ0v) is 19.9. The molecule has 0 radical (unpaired) electrons. The van der Waals surface area contributed by atoms with Crippen LogP contribution < -0.4 is 15.0 Å². The molecule has 180 valence electrons. The van der Waals surface area contributed by atoms with Crippen LogP contribution in [0.4, 0.5) is 20.8 Å². The number of hydrogen-bond donors (Lipinski definition) is 1. The van der Waals surface area contributed by atoms with Crippen molar-refractivity contribution in [2.75, 3.05) is 50.1 Å². The van der Waals surface area contributed by atoms with Gasteiger partial charge in [0.25, 0.3) is 0 Å². The molecule has 0 bridgehead atoms. The zero-order chi connectivity index (χ0) is 23.8. The highest BCUT2D eigenvalue weighted by atomic mass is 19.1. The first-order chi connectivity index (χ1) is 15.7. The lowest BCUT2D eigenvalue weighted by Gasteiger charge is -2.35. The van der Waals surface area contributed by atoms with E-state index < -0.39 is 5.60 Å². The number of para-hydroxylation sites is 1. The fourth-order valence-corrected chi connectivity index (χ4v) is 3.66. The molecule has 1 saturated heterocycles. The van der Waals surface area contributed by atoms with E-state index >= 15 is 0 Å². The molecule has 1 aromatic heterocycles. The molecular weight excluding hydrogens is 425 g/mol. The molecule has 0 saturated carbocycles. The number of anilines is 2. The second-order valence-electron chi connectivity index (χ2n) is 9.26. The van der Waals surface area contributed by atoms with Gasteiger partial charge in [0.2, 0.25) is 0 Å². The standard InChI is InChI=1S/C24H34FN5O3/c1-24(2,3)33-23(31)30-12-9-18(10-13-30)16-29(4)22-15-21(27-17-28-22)26-11-14-32-20-8-6-5-7-19(20)25/h5-8,15,17-18H,9-14,16H2,1-4H3,(H,26,27,28). The fraction of sp³-hybridized carbons (Fsp3) is 0.542. The number of hydrogen-bond acceptors (Lipinski definition) is 7. The Morgan fingerprint density at radius 3 is 2.67 bits per heavy atom. The van der Waals surface area contributed by atoms with Gasteiger partial charge in [0, 0.05) is 32.7 Å². The van der Waals surface area contributed by atoms with E-state index in [2.05, 4.69) is 20.2 Å².